The molecule has 1 saturated heterocycles. The highest BCUT2D eigenvalue weighted by atomic mass is 35.5. The van der Waals surface area contributed by atoms with Gasteiger partial charge in [-0.15, -0.1) is 11.8 Å². The zero-order valence-electron chi connectivity index (χ0n) is 10.8. The van der Waals surface area contributed by atoms with Crippen LogP contribution in [0.25, 0.3) is 0 Å². The van der Waals surface area contributed by atoms with Crippen LogP contribution >= 0.6 is 23.4 Å². The van der Waals surface area contributed by atoms with E-state index in [0.717, 1.165) is 41.6 Å². The minimum atomic E-state index is 0.237. The summed E-state index contributed by atoms with van der Waals surface area (Å²) in [7, 11) is 0. The quantitative estimate of drug-likeness (QED) is 0.870. The van der Waals surface area contributed by atoms with Gasteiger partial charge in [0.2, 0.25) is 5.91 Å². The summed E-state index contributed by atoms with van der Waals surface area (Å²) in [5.41, 5.74) is 5.83. The highest BCUT2D eigenvalue weighted by Crippen LogP contribution is 2.22. The van der Waals surface area contributed by atoms with E-state index in [4.69, 9.17) is 17.3 Å². The molecular weight excluding hydrogens is 280 g/mol. The summed E-state index contributed by atoms with van der Waals surface area (Å²) in [6, 6.07) is 7.99. The molecule has 5 heteroatoms. The number of benzene rings is 1. The van der Waals surface area contributed by atoms with E-state index in [0.29, 0.717) is 6.42 Å². The van der Waals surface area contributed by atoms with Gasteiger partial charge >= 0.3 is 0 Å². The van der Waals surface area contributed by atoms with Crippen LogP contribution in [0.15, 0.2) is 29.2 Å². The first kappa shape index (κ1) is 14.7. The summed E-state index contributed by atoms with van der Waals surface area (Å²) in [4.78, 5) is 15.1. The lowest BCUT2D eigenvalue weighted by Crippen LogP contribution is -2.42. The number of nitrogens with two attached hydrogens (primary N) is 1. The van der Waals surface area contributed by atoms with Crippen molar-refractivity contribution in [2.24, 2.45) is 5.73 Å². The van der Waals surface area contributed by atoms with Gasteiger partial charge in [-0.2, -0.15) is 0 Å². The average Bonchev–Trinajstić information content (AvgIpc) is 2.39. The van der Waals surface area contributed by atoms with Gasteiger partial charge in [0.25, 0.3) is 0 Å². The predicted octanol–water partition coefficient (Wildman–Crippen LogP) is 2.77. The second-order valence-corrected chi connectivity index (χ2v) is 6.38. The van der Waals surface area contributed by atoms with Crippen LogP contribution in [-0.2, 0) is 4.79 Å². The van der Waals surface area contributed by atoms with Crippen LogP contribution < -0.4 is 5.73 Å². The fourth-order valence-corrected chi connectivity index (χ4v) is 3.27. The Kier molecular flexibility index (Phi) is 5.55. The van der Waals surface area contributed by atoms with Crippen LogP contribution in [0.3, 0.4) is 0 Å². The van der Waals surface area contributed by atoms with Gasteiger partial charge < -0.3 is 10.6 Å². The summed E-state index contributed by atoms with van der Waals surface area (Å²) in [6.07, 6.45) is 2.42. The molecule has 0 aliphatic carbocycles. The molecule has 0 aromatic heterocycles. The molecule has 0 radical (unpaired) electrons. The highest BCUT2D eigenvalue weighted by Gasteiger charge is 2.19. The second kappa shape index (κ2) is 7.17. The molecule has 1 aliphatic rings. The molecule has 1 aromatic carbocycles. The van der Waals surface area contributed by atoms with E-state index in [1.807, 2.05) is 29.2 Å². The summed E-state index contributed by atoms with van der Waals surface area (Å²) in [5, 5.41) is 0.737. The van der Waals surface area contributed by atoms with E-state index in [2.05, 4.69) is 0 Å². The first-order valence-electron chi connectivity index (χ1n) is 6.57. The summed E-state index contributed by atoms with van der Waals surface area (Å²) >= 11 is 7.59. The number of piperidine rings is 1. The van der Waals surface area contributed by atoms with Gasteiger partial charge in [-0.1, -0.05) is 17.7 Å². The molecule has 1 fully saturated rings. The van der Waals surface area contributed by atoms with E-state index in [-0.39, 0.29) is 11.9 Å². The van der Waals surface area contributed by atoms with Crippen LogP contribution in [0.1, 0.15) is 19.3 Å². The van der Waals surface area contributed by atoms with Gasteiger partial charge in [-0.05, 0) is 31.0 Å². The molecule has 1 aliphatic heterocycles. The fraction of sp³-hybridized carbons (Fsp3) is 0.500. The molecule has 0 spiro atoms. The van der Waals surface area contributed by atoms with Gasteiger partial charge in [0, 0.05) is 41.2 Å². The SMILES string of the molecule is NC1CCN(C(=O)CCSc2cccc(Cl)c2)CC1. The van der Waals surface area contributed by atoms with Gasteiger partial charge in [0.05, 0.1) is 0 Å². The molecule has 2 rings (SSSR count). The van der Waals surface area contributed by atoms with Crippen molar-refractivity contribution in [3.63, 3.8) is 0 Å². The molecule has 19 heavy (non-hydrogen) atoms. The standard InChI is InChI=1S/C14H19ClN2OS/c15-11-2-1-3-13(10-11)19-9-6-14(18)17-7-4-12(16)5-8-17/h1-3,10,12H,4-9,16H2. The zero-order chi connectivity index (χ0) is 13.7. The van der Waals surface area contributed by atoms with Crippen molar-refractivity contribution in [1.29, 1.82) is 0 Å². The largest absolute Gasteiger partial charge is 0.343 e. The third-order valence-electron chi connectivity index (χ3n) is 3.27. The van der Waals surface area contributed by atoms with Crippen LogP contribution in [0.2, 0.25) is 5.02 Å². The van der Waals surface area contributed by atoms with Crippen molar-refractivity contribution < 1.29 is 4.79 Å². The highest BCUT2D eigenvalue weighted by molar-refractivity contribution is 7.99. The zero-order valence-corrected chi connectivity index (χ0v) is 12.4. The minimum Gasteiger partial charge on any atom is -0.343 e. The van der Waals surface area contributed by atoms with Gasteiger partial charge in [0.1, 0.15) is 0 Å². The number of nitrogens with zero attached hydrogens (tertiary/aromatic N) is 1. The minimum absolute atomic E-state index is 0.237. The van der Waals surface area contributed by atoms with Crippen molar-refractivity contribution in [3.05, 3.63) is 29.3 Å². The van der Waals surface area contributed by atoms with Crippen LogP contribution in [0, 0.1) is 0 Å². The van der Waals surface area contributed by atoms with Crippen molar-refractivity contribution in [1.82, 2.24) is 4.90 Å². The molecule has 0 saturated carbocycles. The number of thioether (sulfide) groups is 1. The fourth-order valence-electron chi connectivity index (χ4n) is 2.12. The number of halogens is 1. The lowest BCUT2D eigenvalue weighted by molar-refractivity contribution is -0.131. The summed E-state index contributed by atoms with van der Waals surface area (Å²) in [5.74, 6) is 1.03. The first-order chi connectivity index (χ1) is 9.15. The van der Waals surface area contributed by atoms with Crippen LogP contribution in [0.5, 0.6) is 0 Å². The average molecular weight is 299 g/mol. The Bertz CT molecular complexity index is 433. The topological polar surface area (TPSA) is 46.3 Å². The normalized spacial score (nSPS) is 16.6. The van der Waals surface area contributed by atoms with Crippen molar-refractivity contribution >= 4 is 29.3 Å². The Morgan fingerprint density at radius 1 is 1.42 bits per heavy atom. The lowest BCUT2D eigenvalue weighted by atomic mass is 10.1. The van der Waals surface area contributed by atoms with Crippen LogP contribution in [-0.4, -0.2) is 35.7 Å². The molecule has 3 nitrogen and oxygen atoms in total. The third kappa shape index (κ3) is 4.71. The Morgan fingerprint density at radius 3 is 2.84 bits per heavy atom. The second-order valence-electron chi connectivity index (χ2n) is 4.77. The van der Waals surface area contributed by atoms with Gasteiger partial charge in [0.15, 0.2) is 0 Å². The molecule has 1 heterocycles. The van der Waals surface area contributed by atoms with E-state index in [1.54, 1.807) is 11.8 Å². The maximum Gasteiger partial charge on any atom is 0.223 e. The van der Waals surface area contributed by atoms with E-state index >= 15 is 0 Å². The number of likely N-dealkylation sites (tertiary alicyclic amines) is 1. The smallest absolute Gasteiger partial charge is 0.223 e. The molecule has 0 unspecified atom stereocenters. The van der Waals surface area contributed by atoms with Gasteiger partial charge in [-0.25, -0.2) is 0 Å². The Balaban J connectivity index is 1.72. The van der Waals surface area contributed by atoms with Crippen molar-refractivity contribution in [3.8, 4) is 0 Å². The predicted molar refractivity (Wildman–Crippen MR) is 80.6 cm³/mol. The molecule has 0 bridgehead atoms. The number of rotatable bonds is 4. The number of carbonyl (C=O) groups is 1. The molecule has 1 amide bonds. The maximum atomic E-state index is 12.0. The number of amides is 1. The van der Waals surface area contributed by atoms with Gasteiger partial charge in [-0.3, -0.25) is 4.79 Å². The Hall–Kier alpha value is -0.710. The lowest BCUT2D eigenvalue weighted by Gasteiger charge is -2.30. The summed E-state index contributed by atoms with van der Waals surface area (Å²) < 4.78 is 0. The maximum absolute atomic E-state index is 12.0. The van der Waals surface area contributed by atoms with Crippen molar-refractivity contribution in [2.45, 2.75) is 30.2 Å². The molecule has 0 atom stereocenters. The van der Waals surface area contributed by atoms with E-state index in [1.165, 1.54) is 0 Å². The van der Waals surface area contributed by atoms with Crippen LogP contribution in [0.4, 0.5) is 0 Å². The van der Waals surface area contributed by atoms with Crippen molar-refractivity contribution in [2.75, 3.05) is 18.8 Å². The molecule has 104 valence electrons. The first-order valence-corrected chi connectivity index (χ1v) is 7.93. The molecule has 2 N–H and O–H groups in total. The monoisotopic (exact) mass is 298 g/mol. The van der Waals surface area contributed by atoms with E-state index in [9.17, 15) is 4.79 Å². The number of carbonyl (C=O) groups excluding carboxylic acids is 1. The summed E-state index contributed by atoms with van der Waals surface area (Å²) in [6.45, 7) is 1.61. The third-order valence-corrected chi connectivity index (χ3v) is 4.50. The van der Waals surface area contributed by atoms with E-state index < -0.39 is 0 Å². The molecule has 1 aromatic rings. The number of hydrogen-bond acceptors (Lipinski definition) is 3. The Morgan fingerprint density at radius 2 is 2.16 bits per heavy atom. The molecular formula is C14H19ClN2OS. The Labute approximate surface area is 123 Å². The number of hydrogen-bond donors (Lipinski definition) is 1.